The molecule has 0 radical (unpaired) electrons. The van der Waals surface area contributed by atoms with E-state index in [1.807, 2.05) is 0 Å². The number of aliphatic carboxylic acids is 1. The van der Waals surface area contributed by atoms with Crippen molar-refractivity contribution in [3.63, 3.8) is 0 Å². The summed E-state index contributed by atoms with van der Waals surface area (Å²) >= 11 is 6.38. The lowest BCUT2D eigenvalue weighted by Crippen LogP contribution is -2.19. The van der Waals surface area contributed by atoms with Crippen molar-refractivity contribution >= 4 is 39.1 Å². The first kappa shape index (κ1) is 23.6. The van der Waals surface area contributed by atoms with Crippen molar-refractivity contribution in [2.24, 2.45) is 0 Å². The monoisotopic (exact) mass is 493 g/mol. The van der Waals surface area contributed by atoms with E-state index in [-0.39, 0.29) is 29.2 Å². The van der Waals surface area contributed by atoms with E-state index in [9.17, 15) is 23.1 Å². The Labute approximate surface area is 196 Å². The van der Waals surface area contributed by atoms with Crippen LogP contribution >= 0.6 is 11.6 Å². The van der Waals surface area contributed by atoms with Gasteiger partial charge in [0, 0.05) is 17.0 Å². The van der Waals surface area contributed by atoms with Gasteiger partial charge in [0.2, 0.25) is 5.88 Å². The summed E-state index contributed by atoms with van der Waals surface area (Å²) in [5.41, 5.74) is 0.755. The molecule has 4 aromatic rings. The quantitative estimate of drug-likeness (QED) is 0.325. The van der Waals surface area contributed by atoms with E-state index in [4.69, 9.17) is 26.2 Å². The Kier molecular flexibility index (Phi) is 6.22. The standard InChI is InChI=1S/C24H19ClF3NO5/c1-2-33-21-14-5-3-4-6-15(14)22(34-12-24(26,27)28)20-16(21)11-29(23(20)32)18-8-7-13(9-17(18)25)10-19(30)31/h3-9,11,32H,2,10,12H2,1H3,(H,30,31). The van der Waals surface area contributed by atoms with E-state index in [1.165, 1.54) is 22.9 Å². The van der Waals surface area contributed by atoms with Crippen molar-refractivity contribution in [2.75, 3.05) is 13.2 Å². The van der Waals surface area contributed by atoms with Crippen LogP contribution in [0.4, 0.5) is 13.2 Å². The number of carboxylic acids is 1. The lowest BCUT2D eigenvalue weighted by atomic mass is 10.0. The van der Waals surface area contributed by atoms with Gasteiger partial charge < -0.3 is 19.7 Å². The Morgan fingerprint density at radius 3 is 2.32 bits per heavy atom. The van der Waals surface area contributed by atoms with Crippen LogP contribution in [0.5, 0.6) is 17.4 Å². The predicted octanol–water partition coefficient (Wildman–Crippen LogP) is 6.11. The summed E-state index contributed by atoms with van der Waals surface area (Å²) in [4.78, 5) is 11.0. The van der Waals surface area contributed by atoms with Crippen molar-refractivity contribution in [1.29, 1.82) is 0 Å². The predicted molar refractivity (Wildman–Crippen MR) is 122 cm³/mol. The lowest BCUT2D eigenvalue weighted by molar-refractivity contribution is -0.153. The van der Waals surface area contributed by atoms with Gasteiger partial charge in [-0.2, -0.15) is 13.2 Å². The number of hydrogen-bond acceptors (Lipinski definition) is 4. The highest BCUT2D eigenvalue weighted by atomic mass is 35.5. The second kappa shape index (κ2) is 8.98. The zero-order valence-corrected chi connectivity index (χ0v) is 18.6. The summed E-state index contributed by atoms with van der Waals surface area (Å²) < 4.78 is 51.4. The summed E-state index contributed by atoms with van der Waals surface area (Å²) in [7, 11) is 0. The molecule has 178 valence electrons. The topological polar surface area (TPSA) is 80.9 Å². The molecule has 0 unspecified atom stereocenters. The van der Waals surface area contributed by atoms with Gasteiger partial charge in [-0.1, -0.05) is 41.9 Å². The number of carbonyl (C=O) groups is 1. The summed E-state index contributed by atoms with van der Waals surface area (Å²) in [5.74, 6) is -1.19. The SMILES string of the molecule is CCOc1c2ccccc2c(OCC(F)(F)F)c2c(O)n(-c3ccc(CC(=O)O)cc3Cl)cc12. The highest BCUT2D eigenvalue weighted by molar-refractivity contribution is 6.32. The van der Waals surface area contributed by atoms with E-state index < -0.39 is 24.6 Å². The van der Waals surface area contributed by atoms with E-state index in [2.05, 4.69) is 0 Å². The fraction of sp³-hybridized carbons (Fsp3) is 0.208. The Hall–Kier alpha value is -3.59. The highest BCUT2D eigenvalue weighted by Crippen LogP contribution is 2.48. The zero-order chi connectivity index (χ0) is 24.6. The maximum Gasteiger partial charge on any atom is 0.422 e. The maximum absolute atomic E-state index is 13.0. The third kappa shape index (κ3) is 4.43. The normalized spacial score (nSPS) is 11.8. The minimum Gasteiger partial charge on any atom is -0.494 e. The first-order valence-corrected chi connectivity index (χ1v) is 10.6. The number of aromatic hydroxyl groups is 1. The first-order valence-electron chi connectivity index (χ1n) is 10.2. The summed E-state index contributed by atoms with van der Waals surface area (Å²) in [6, 6.07) is 11.2. The molecule has 0 atom stereocenters. The number of alkyl halides is 3. The number of carboxylic acid groups (broad SMARTS) is 1. The van der Waals surface area contributed by atoms with Gasteiger partial charge in [-0.15, -0.1) is 0 Å². The molecule has 4 rings (SSSR count). The molecule has 2 N–H and O–H groups in total. The molecule has 0 aliphatic rings. The van der Waals surface area contributed by atoms with Gasteiger partial charge in [-0.25, -0.2) is 0 Å². The van der Waals surface area contributed by atoms with E-state index in [1.54, 1.807) is 37.3 Å². The molecule has 34 heavy (non-hydrogen) atoms. The lowest BCUT2D eigenvalue weighted by Gasteiger charge is -2.16. The number of hydrogen-bond donors (Lipinski definition) is 2. The number of aromatic nitrogens is 1. The minimum absolute atomic E-state index is 0.0390. The second-order valence-electron chi connectivity index (χ2n) is 7.51. The van der Waals surface area contributed by atoms with Crippen LogP contribution in [0.15, 0.2) is 48.7 Å². The van der Waals surface area contributed by atoms with Gasteiger partial charge in [0.1, 0.15) is 11.5 Å². The van der Waals surface area contributed by atoms with Gasteiger partial charge in [0.25, 0.3) is 0 Å². The van der Waals surface area contributed by atoms with Crippen LogP contribution in [-0.4, -0.2) is 40.1 Å². The molecule has 0 aliphatic carbocycles. The number of halogens is 4. The number of fused-ring (bicyclic) bond motifs is 2. The molecule has 0 amide bonds. The second-order valence-corrected chi connectivity index (χ2v) is 7.92. The molecule has 1 aromatic heterocycles. The van der Waals surface area contributed by atoms with Crippen molar-refractivity contribution < 1.29 is 37.7 Å². The summed E-state index contributed by atoms with van der Waals surface area (Å²) in [6.45, 7) is 0.497. The highest BCUT2D eigenvalue weighted by Gasteiger charge is 2.31. The summed E-state index contributed by atoms with van der Waals surface area (Å²) in [6.07, 6.45) is -3.33. The molecule has 1 heterocycles. The Morgan fingerprint density at radius 2 is 1.74 bits per heavy atom. The molecule has 0 aliphatic heterocycles. The Morgan fingerprint density at radius 1 is 1.06 bits per heavy atom. The van der Waals surface area contributed by atoms with Gasteiger partial charge in [-0.05, 0) is 24.6 Å². The van der Waals surface area contributed by atoms with Crippen LogP contribution < -0.4 is 9.47 Å². The molecule has 0 saturated heterocycles. The zero-order valence-electron chi connectivity index (χ0n) is 17.8. The molecular formula is C24H19ClF3NO5. The van der Waals surface area contributed by atoms with Crippen LogP contribution in [0.2, 0.25) is 5.02 Å². The smallest absolute Gasteiger partial charge is 0.422 e. The summed E-state index contributed by atoms with van der Waals surface area (Å²) in [5, 5.41) is 21.5. The third-order valence-corrected chi connectivity index (χ3v) is 5.47. The van der Waals surface area contributed by atoms with Gasteiger partial charge >= 0.3 is 12.1 Å². The molecule has 10 heteroatoms. The molecule has 0 fully saturated rings. The number of rotatable bonds is 7. The molecule has 0 bridgehead atoms. The van der Waals surface area contributed by atoms with Gasteiger partial charge in [-0.3, -0.25) is 9.36 Å². The van der Waals surface area contributed by atoms with Crippen molar-refractivity contribution in [3.8, 4) is 23.1 Å². The molecule has 6 nitrogen and oxygen atoms in total. The van der Waals surface area contributed by atoms with Crippen LogP contribution in [0.3, 0.4) is 0 Å². The van der Waals surface area contributed by atoms with E-state index in [0.29, 0.717) is 33.2 Å². The van der Waals surface area contributed by atoms with Crippen LogP contribution in [0.25, 0.3) is 27.2 Å². The van der Waals surface area contributed by atoms with Crippen molar-refractivity contribution in [3.05, 3.63) is 59.2 Å². The van der Waals surface area contributed by atoms with Crippen LogP contribution in [-0.2, 0) is 11.2 Å². The fourth-order valence-electron chi connectivity index (χ4n) is 3.87. The molecular weight excluding hydrogens is 475 g/mol. The molecule has 3 aromatic carbocycles. The molecule has 0 saturated carbocycles. The average molecular weight is 494 g/mol. The van der Waals surface area contributed by atoms with E-state index >= 15 is 0 Å². The largest absolute Gasteiger partial charge is 0.494 e. The number of nitrogens with zero attached hydrogens (tertiary/aromatic N) is 1. The third-order valence-electron chi connectivity index (χ3n) is 5.16. The van der Waals surface area contributed by atoms with E-state index in [0.717, 1.165) is 0 Å². The van der Waals surface area contributed by atoms with Crippen molar-refractivity contribution in [1.82, 2.24) is 4.57 Å². The van der Waals surface area contributed by atoms with Gasteiger partial charge in [0.05, 0.1) is 34.5 Å². The van der Waals surface area contributed by atoms with Crippen LogP contribution in [0, 0.1) is 0 Å². The van der Waals surface area contributed by atoms with Gasteiger partial charge in [0.15, 0.2) is 6.61 Å². The Balaban J connectivity index is 2.00. The Bertz CT molecular complexity index is 1400. The maximum atomic E-state index is 13.0. The average Bonchev–Trinajstić information content (AvgIpc) is 3.09. The minimum atomic E-state index is -4.59. The number of benzene rings is 3. The first-order chi connectivity index (χ1) is 16.1. The van der Waals surface area contributed by atoms with Crippen LogP contribution in [0.1, 0.15) is 12.5 Å². The number of ether oxygens (including phenoxy) is 2. The van der Waals surface area contributed by atoms with Crippen molar-refractivity contribution in [2.45, 2.75) is 19.5 Å². The fourth-order valence-corrected chi connectivity index (χ4v) is 4.16. The molecule has 0 spiro atoms.